The molecule has 0 aliphatic heterocycles. The van der Waals surface area contributed by atoms with E-state index in [-0.39, 0.29) is 15.9 Å². The van der Waals surface area contributed by atoms with Crippen LogP contribution in [0.3, 0.4) is 0 Å². The highest BCUT2D eigenvalue weighted by molar-refractivity contribution is 5.98. The quantitative estimate of drug-likeness (QED) is 0.534. The number of benzene rings is 2. The number of alkyl halides is 3. The highest BCUT2D eigenvalue weighted by Crippen LogP contribution is 2.39. The minimum absolute atomic E-state index is 0.0402. The van der Waals surface area contributed by atoms with Gasteiger partial charge in [0.15, 0.2) is 0 Å². The summed E-state index contributed by atoms with van der Waals surface area (Å²) in [5, 5.41) is 4.08. The molecular weight excluding hydrogens is 371 g/mol. The second-order valence-electron chi connectivity index (χ2n) is 5.99. The molecule has 0 spiro atoms. The first kappa shape index (κ1) is 17.8. The Morgan fingerprint density at radius 1 is 1.07 bits per heavy atom. The number of hydrogen-bond acceptors (Lipinski definition) is 5. The van der Waals surface area contributed by atoms with E-state index in [9.17, 15) is 13.2 Å². The van der Waals surface area contributed by atoms with Crippen molar-refractivity contribution in [3.63, 3.8) is 0 Å². The largest absolute Gasteiger partial charge is 0.505 e. The molecule has 0 bridgehead atoms. The van der Waals surface area contributed by atoms with Gasteiger partial charge in [-0.05, 0) is 6.07 Å². The summed E-state index contributed by atoms with van der Waals surface area (Å²) in [5.74, 6) is 0.423. The van der Waals surface area contributed by atoms with E-state index in [1.165, 1.54) is 13.4 Å². The van der Waals surface area contributed by atoms with Crippen LogP contribution in [0.4, 0.5) is 18.9 Å². The molecular formula is C19H14F3N5O. The second-order valence-corrected chi connectivity index (χ2v) is 5.99. The first-order chi connectivity index (χ1) is 13.4. The topological polar surface area (TPSA) is 78.9 Å². The molecule has 142 valence electrons. The number of ether oxygens (including phenoxy) is 1. The van der Waals surface area contributed by atoms with Gasteiger partial charge in [-0.25, -0.2) is 9.97 Å². The molecule has 4 rings (SSSR count). The second kappa shape index (κ2) is 6.52. The lowest BCUT2D eigenvalue weighted by molar-refractivity contribution is -0.210. The highest BCUT2D eigenvalue weighted by Gasteiger charge is 2.36. The molecule has 0 saturated heterocycles. The van der Waals surface area contributed by atoms with Crippen LogP contribution in [0.2, 0.25) is 0 Å². The van der Waals surface area contributed by atoms with Crippen LogP contribution in [-0.4, -0.2) is 26.9 Å². The Balaban J connectivity index is 2.03. The van der Waals surface area contributed by atoms with Gasteiger partial charge in [0.05, 0.1) is 35.9 Å². The molecule has 4 aromatic rings. The van der Waals surface area contributed by atoms with Gasteiger partial charge in [-0.1, -0.05) is 30.3 Å². The highest BCUT2D eigenvalue weighted by atomic mass is 19.4. The van der Waals surface area contributed by atoms with Gasteiger partial charge in [0.2, 0.25) is 0 Å². The van der Waals surface area contributed by atoms with Gasteiger partial charge in [-0.2, -0.15) is 9.78 Å². The molecule has 9 heteroatoms. The van der Waals surface area contributed by atoms with Gasteiger partial charge in [0, 0.05) is 22.6 Å². The summed E-state index contributed by atoms with van der Waals surface area (Å²) in [6.07, 6.45) is -2.25. The lowest BCUT2D eigenvalue weighted by atomic mass is 10.0. The number of fused-ring (bicyclic) bond motifs is 1. The zero-order chi connectivity index (χ0) is 19.9. The Kier molecular flexibility index (Phi) is 4.14. The Morgan fingerprint density at radius 3 is 2.50 bits per heavy atom. The van der Waals surface area contributed by atoms with Crippen LogP contribution in [0.15, 0.2) is 55.0 Å². The fourth-order valence-electron chi connectivity index (χ4n) is 3.08. The first-order valence-electron chi connectivity index (χ1n) is 8.19. The summed E-state index contributed by atoms with van der Waals surface area (Å²) < 4.78 is 45.9. The van der Waals surface area contributed by atoms with Gasteiger partial charge < -0.3 is 10.5 Å². The predicted molar refractivity (Wildman–Crippen MR) is 98.5 cm³/mol. The van der Waals surface area contributed by atoms with Crippen molar-refractivity contribution in [1.82, 2.24) is 19.7 Å². The van der Waals surface area contributed by atoms with Gasteiger partial charge in [0.1, 0.15) is 12.1 Å². The molecule has 0 unspecified atom stereocenters. The summed E-state index contributed by atoms with van der Waals surface area (Å²) in [4.78, 5) is 8.41. The van der Waals surface area contributed by atoms with E-state index in [2.05, 4.69) is 15.1 Å². The normalized spacial score (nSPS) is 11.7. The number of anilines is 1. The van der Waals surface area contributed by atoms with E-state index in [0.717, 1.165) is 6.20 Å². The molecule has 2 heterocycles. The van der Waals surface area contributed by atoms with Gasteiger partial charge in [0.25, 0.3) is 0 Å². The van der Waals surface area contributed by atoms with Crippen LogP contribution >= 0.6 is 0 Å². The third kappa shape index (κ3) is 2.90. The van der Waals surface area contributed by atoms with Crippen LogP contribution in [0.1, 0.15) is 0 Å². The van der Waals surface area contributed by atoms with Crippen molar-refractivity contribution in [2.45, 2.75) is 6.30 Å². The van der Waals surface area contributed by atoms with Crippen LogP contribution in [0, 0.1) is 0 Å². The molecule has 2 aromatic carbocycles. The Labute approximate surface area is 157 Å². The Hall–Kier alpha value is -3.62. The minimum Gasteiger partial charge on any atom is -0.495 e. The molecule has 0 atom stereocenters. The molecule has 2 aromatic heterocycles. The van der Waals surface area contributed by atoms with Crippen LogP contribution in [-0.2, 0) is 6.30 Å². The van der Waals surface area contributed by atoms with Gasteiger partial charge >= 0.3 is 6.30 Å². The monoisotopic (exact) mass is 385 g/mol. The van der Waals surface area contributed by atoms with Gasteiger partial charge in [-0.15, -0.1) is 13.2 Å². The average molecular weight is 385 g/mol. The lowest BCUT2D eigenvalue weighted by Crippen LogP contribution is -2.19. The summed E-state index contributed by atoms with van der Waals surface area (Å²) >= 11 is 0. The fraction of sp³-hybridized carbons (Fsp3) is 0.105. The van der Waals surface area contributed by atoms with E-state index >= 15 is 0 Å². The van der Waals surface area contributed by atoms with Crippen molar-refractivity contribution in [1.29, 1.82) is 0 Å². The maximum atomic E-state index is 13.6. The van der Waals surface area contributed by atoms with Crippen molar-refractivity contribution in [3.8, 4) is 28.3 Å². The number of aromatic nitrogens is 4. The van der Waals surface area contributed by atoms with E-state index in [4.69, 9.17) is 10.5 Å². The van der Waals surface area contributed by atoms with E-state index in [1.807, 2.05) is 0 Å². The molecule has 0 amide bonds. The van der Waals surface area contributed by atoms with Crippen molar-refractivity contribution < 1.29 is 17.9 Å². The van der Waals surface area contributed by atoms with Crippen molar-refractivity contribution in [2.24, 2.45) is 0 Å². The first-order valence-corrected chi connectivity index (χ1v) is 8.19. The summed E-state index contributed by atoms with van der Waals surface area (Å²) in [6.45, 7) is 0. The van der Waals surface area contributed by atoms with Crippen molar-refractivity contribution in [3.05, 3.63) is 55.0 Å². The van der Waals surface area contributed by atoms with E-state index < -0.39 is 6.30 Å². The zero-order valence-electron chi connectivity index (χ0n) is 14.6. The zero-order valence-corrected chi connectivity index (χ0v) is 14.6. The number of rotatable bonds is 3. The lowest BCUT2D eigenvalue weighted by Gasteiger charge is -2.13. The number of nitrogens with two attached hydrogens (primary N) is 1. The summed E-state index contributed by atoms with van der Waals surface area (Å²) in [6, 6.07) is 11.4. The molecule has 0 radical (unpaired) electrons. The molecule has 0 saturated carbocycles. The molecule has 0 aliphatic carbocycles. The Morgan fingerprint density at radius 2 is 1.82 bits per heavy atom. The summed E-state index contributed by atoms with van der Waals surface area (Å²) in [5.41, 5.74) is 7.59. The molecule has 28 heavy (non-hydrogen) atoms. The molecule has 6 nitrogen and oxygen atoms in total. The van der Waals surface area contributed by atoms with Crippen LogP contribution in [0.5, 0.6) is 5.75 Å². The number of nitrogen functional groups attached to an aromatic ring is 1. The maximum Gasteiger partial charge on any atom is 0.505 e. The number of nitrogens with zero attached hydrogens (tertiary/aromatic N) is 4. The Bertz CT molecular complexity index is 1160. The third-order valence-electron chi connectivity index (χ3n) is 4.30. The molecule has 2 N–H and O–H groups in total. The van der Waals surface area contributed by atoms with E-state index in [0.29, 0.717) is 33.6 Å². The standard InChI is InChI=1S/C19H14F3N5O/c1-28-16-8-15-12(7-14(16)23)17(25-10-24-15)13-9-26-27(19(20,21)22)18(13)11-5-3-2-4-6-11/h2-10H,23H2,1H3. The smallest absolute Gasteiger partial charge is 0.495 e. The number of hydrogen-bond donors (Lipinski definition) is 1. The molecule has 0 fully saturated rings. The minimum atomic E-state index is -4.69. The SMILES string of the molecule is COc1cc2ncnc(-c3cnn(C(F)(F)F)c3-c3ccccc3)c2cc1N. The fourth-order valence-corrected chi connectivity index (χ4v) is 3.08. The number of halogens is 3. The average Bonchev–Trinajstić information content (AvgIpc) is 3.13. The maximum absolute atomic E-state index is 13.6. The summed E-state index contributed by atoms with van der Waals surface area (Å²) in [7, 11) is 1.47. The third-order valence-corrected chi connectivity index (χ3v) is 4.30. The number of methoxy groups -OCH3 is 1. The predicted octanol–water partition coefficient (Wildman–Crippen LogP) is 4.23. The van der Waals surface area contributed by atoms with Crippen LogP contribution in [0.25, 0.3) is 33.4 Å². The molecule has 0 aliphatic rings. The van der Waals surface area contributed by atoms with Crippen LogP contribution < -0.4 is 10.5 Å². The van der Waals surface area contributed by atoms with Crippen molar-refractivity contribution >= 4 is 16.6 Å². The van der Waals surface area contributed by atoms with E-state index in [1.54, 1.807) is 42.5 Å². The van der Waals surface area contributed by atoms with Gasteiger partial charge in [-0.3, -0.25) is 0 Å². The van der Waals surface area contributed by atoms with Crippen molar-refractivity contribution in [2.75, 3.05) is 12.8 Å².